The molecule has 4 heteroatoms. The first kappa shape index (κ1) is 19.0. The zero-order chi connectivity index (χ0) is 19.7. The molecule has 0 amide bonds. The van der Waals surface area contributed by atoms with Crippen LogP contribution in [0.15, 0.2) is 46.8 Å². The minimum absolute atomic E-state index is 0.00217. The van der Waals surface area contributed by atoms with Gasteiger partial charge in [0.2, 0.25) is 0 Å². The molecule has 0 saturated heterocycles. The summed E-state index contributed by atoms with van der Waals surface area (Å²) in [5.41, 5.74) is 5.31. The predicted octanol–water partition coefficient (Wildman–Crippen LogP) is 4.84. The molecule has 0 radical (unpaired) electrons. The highest BCUT2D eigenvalue weighted by Crippen LogP contribution is 2.42. The Balaban J connectivity index is 1.72. The molecule has 3 aliphatic rings. The molecule has 4 rings (SSSR count). The monoisotopic (exact) mass is 379 g/mol. The Morgan fingerprint density at radius 3 is 2.43 bits per heavy atom. The van der Waals surface area contributed by atoms with Crippen LogP contribution in [0.4, 0.5) is 0 Å². The van der Waals surface area contributed by atoms with Crippen LogP contribution >= 0.6 is 0 Å². The topological polar surface area (TPSA) is 55.4 Å². The van der Waals surface area contributed by atoms with E-state index in [9.17, 15) is 9.59 Å². The summed E-state index contributed by atoms with van der Waals surface area (Å²) in [5.74, 6) is -0.456. The van der Waals surface area contributed by atoms with Crippen molar-refractivity contribution in [3.8, 4) is 0 Å². The first-order valence-electron chi connectivity index (χ1n) is 10.6. The molecule has 1 aromatic rings. The summed E-state index contributed by atoms with van der Waals surface area (Å²) in [5, 5.41) is 3.37. The molecular formula is C24H29NO3. The number of aryl methyl sites for hydroxylation is 1. The van der Waals surface area contributed by atoms with Gasteiger partial charge in [-0.1, -0.05) is 36.2 Å². The Morgan fingerprint density at radius 2 is 1.71 bits per heavy atom. The number of carbonyl (C=O) groups is 2. The fourth-order valence-corrected chi connectivity index (χ4v) is 4.74. The van der Waals surface area contributed by atoms with E-state index in [4.69, 9.17) is 4.74 Å². The Labute approximate surface area is 167 Å². The molecule has 148 valence electrons. The van der Waals surface area contributed by atoms with Gasteiger partial charge in [-0.15, -0.1) is 0 Å². The van der Waals surface area contributed by atoms with Crippen LogP contribution in [0.5, 0.6) is 0 Å². The Bertz CT molecular complexity index is 841. The lowest BCUT2D eigenvalue weighted by molar-refractivity contribution is -0.146. The number of nitrogens with one attached hydrogen (secondary N) is 1. The smallest absolute Gasteiger partial charge is 0.337 e. The van der Waals surface area contributed by atoms with E-state index < -0.39 is 0 Å². The number of hydrogen-bond donors (Lipinski definition) is 1. The molecule has 0 aromatic heterocycles. The van der Waals surface area contributed by atoms with Crippen molar-refractivity contribution in [2.75, 3.05) is 0 Å². The average molecular weight is 380 g/mol. The second-order valence-electron chi connectivity index (χ2n) is 8.34. The van der Waals surface area contributed by atoms with Gasteiger partial charge in [-0.2, -0.15) is 0 Å². The Kier molecular flexibility index (Phi) is 5.38. The molecule has 0 unspecified atom stereocenters. The minimum atomic E-state index is -0.333. The molecule has 0 spiro atoms. The number of Topliss-reactive ketones (excluding diaryl/α,β-unsaturated/α-hetero) is 1. The van der Waals surface area contributed by atoms with E-state index >= 15 is 0 Å². The molecule has 1 aromatic carbocycles. The van der Waals surface area contributed by atoms with Gasteiger partial charge in [0.1, 0.15) is 6.10 Å². The Morgan fingerprint density at radius 1 is 1.00 bits per heavy atom. The second-order valence-corrected chi connectivity index (χ2v) is 8.34. The first-order valence-corrected chi connectivity index (χ1v) is 10.6. The van der Waals surface area contributed by atoms with Crippen LogP contribution in [0.3, 0.4) is 0 Å². The van der Waals surface area contributed by atoms with Gasteiger partial charge in [0.15, 0.2) is 5.78 Å². The standard InChI is InChI=1S/C24H29NO3/c1-15-11-13-17(14-12-15)22-21(24(27)28-18-7-4-3-5-8-18)16(2)25-19-9-6-10-20(26)23(19)22/h11-14,18,22,25H,3-10H2,1-2H3/t22-/m1/s1. The third kappa shape index (κ3) is 3.65. The Hall–Kier alpha value is -2.36. The van der Waals surface area contributed by atoms with Crippen molar-refractivity contribution in [3.05, 3.63) is 57.9 Å². The van der Waals surface area contributed by atoms with Crippen molar-refractivity contribution in [1.82, 2.24) is 5.32 Å². The number of esters is 1. The molecule has 4 nitrogen and oxygen atoms in total. The third-order valence-corrected chi connectivity index (χ3v) is 6.23. The number of hydrogen-bond acceptors (Lipinski definition) is 4. The largest absolute Gasteiger partial charge is 0.459 e. The maximum Gasteiger partial charge on any atom is 0.337 e. The van der Waals surface area contributed by atoms with Crippen LogP contribution in [-0.4, -0.2) is 17.9 Å². The molecular weight excluding hydrogens is 350 g/mol. The number of benzene rings is 1. The zero-order valence-corrected chi connectivity index (χ0v) is 16.8. The molecule has 1 aliphatic heterocycles. The predicted molar refractivity (Wildman–Crippen MR) is 109 cm³/mol. The zero-order valence-electron chi connectivity index (χ0n) is 16.8. The van der Waals surface area contributed by atoms with Crippen molar-refractivity contribution >= 4 is 11.8 Å². The fourth-order valence-electron chi connectivity index (χ4n) is 4.74. The van der Waals surface area contributed by atoms with E-state index in [1.807, 2.05) is 38.1 Å². The lowest BCUT2D eigenvalue weighted by Crippen LogP contribution is -2.35. The van der Waals surface area contributed by atoms with E-state index in [0.717, 1.165) is 66.6 Å². The summed E-state index contributed by atoms with van der Waals surface area (Å²) in [6.07, 6.45) is 7.58. The highest BCUT2D eigenvalue weighted by atomic mass is 16.5. The number of ketones is 1. The molecule has 2 aliphatic carbocycles. The van der Waals surface area contributed by atoms with E-state index in [-0.39, 0.29) is 23.8 Å². The SMILES string of the molecule is CC1=C(C(=O)OC2CCCCC2)[C@@H](c2ccc(C)cc2)C2=C(CCCC2=O)N1. The van der Waals surface area contributed by atoms with Crippen LogP contribution in [0, 0.1) is 6.92 Å². The number of carbonyl (C=O) groups excluding carboxylic acids is 2. The third-order valence-electron chi connectivity index (χ3n) is 6.23. The van der Waals surface area contributed by atoms with E-state index in [1.54, 1.807) is 0 Å². The van der Waals surface area contributed by atoms with Crippen LogP contribution in [-0.2, 0) is 14.3 Å². The number of allylic oxidation sites excluding steroid dienone is 3. The van der Waals surface area contributed by atoms with E-state index in [2.05, 4.69) is 5.32 Å². The van der Waals surface area contributed by atoms with Crippen molar-refractivity contribution in [3.63, 3.8) is 0 Å². The van der Waals surface area contributed by atoms with Gasteiger partial charge in [0.05, 0.1) is 5.57 Å². The van der Waals surface area contributed by atoms with Gasteiger partial charge >= 0.3 is 5.97 Å². The molecule has 1 heterocycles. The summed E-state index contributed by atoms with van der Waals surface area (Å²) < 4.78 is 5.92. The molecule has 1 N–H and O–H groups in total. The molecule has 1 fully saturated rings. The van der Waals surface area contributed by atoms with Crippen LogP contribution in [0.2, 0.25) is 0 Å². The van der Waals surface area contributed by atoms with Crippen molar-refractivity contribution in [2.24, 2.45) is 0 Å². The maximum atomic E-state index is 13.3. The minimum Gasteiger partial charge on any atom is -0.459 e. The number of rotatable bonds is 3. The number of dihydropyridines is 1. The van der Waals surface area contributed by atoms with E-state index in [0.29, 0.717) is 12.0 Å². The average Bonchev–Trinajstić information content (AvgIpc) is 2.68. The van der Waals surface area contributed by atoms with Crippen molar-refractivity contribution < 1.29 is 14.3 Å². The lowest BCUT2D eigenvalue weighted by atomic mass is 9.75. The van der Waals surface area contributed by atoms with Crippen molar-refractivity contribution in [1.29, 1.82) is 0 Å². The highest BCUT2D eigenvalue weighted by Gasteiger charge is 2.39. The summed E-state index contributed by atoms with van der Waals surface area (Å²) >= 11 is 0. The summed E-state index contributed by atoms with van der Waals surface area (Å²) in [4.78, 5) is 26.1. The van der Waals surface area contributed by atoms with Crippen LogP contribution < -0.4 is 5.32 Å². The van der Waals surface area contributed by atoms with Crippen molar-refractivity contribution in [2.45, 2.75) is 77.2 Å². The van der Waals surface area contributed by atoms with Crippen LogP contribution in [0.1, 0.15) is 75.3 Å². The summed E-state index contributed by atoms with van der Waals surface area (Å²) in [6.45, 7) is 3.98. The molecule has 28 heavy (non-hydrogen) atoms. The van der Waals surface area contributed by atoms with E-state index in [1.165, 1.54) is 6.42 Å². The molecule has 1 atom stereocenters. The molecule has 0 bridgehead atoms. The van der Waals surface area contributed by atoms with Gasteiger partial charge in [-0.25, -0.2) is 4.79 Å². The first-order chi connectivity index (χ1) is 13.5. The second kappa shape index (κ2) is 7.94. The summed E-state index contributed by atoms with van der Waals surface area (Å²) in [7, 11) is 0. The van der Waals surface area contributed by atoms with Gasteiger partial charge < -0.3 is 10.1 Å². The van der Waals surface area contributed by atoms with Gasteiger partial charge in [-0.3, -0.25) is 4.79 Å². The van der Waals surface area contributed by atoms with Gasteiger partial charge in [-0.05, 0) is 57.9 Å². The summed E-state index contributed by atoms with van der Waals surface area (Å²) in [6, 6.07) is 8.17. The number of ether oxygens (including phenoxy) is 1. The van der Waals surface area contributed by atoms with Gasteiger partial charge in [0.25, 0.3) is 0 Å². The van der Waals surface area contributed by atoms with Crippen LogP contribution in [0.25, 0.3) is 0 Å². The lowest BCUT2D eigenvalue weighted by Gasteiger charge is -2.35. The molecule has 1 saturated carbocycles. The maximum absolute atomic E-state index is 13.3. The quantitative estimate of drug-likeness (QED) is 0.764. The highest BCUT2D eigenvalue weighted by molar-refractivity contribution is 6.03. The fraction of sp³-hybridized carbons (Fsp3) is 0.500. The van der Waals surface area contributed by atoms with Gasteiger partial charge in [0, 0.05) is 29.3 Å². The normalized spacial score (nSPS) is 23.4.